The molecule has 0 radical (unpaired) electrons. The van der Waals surface area contributed by atoms with Gasteiger partial charge in [-0.3, -0.25) is 4.79 Å². The van der Waals surface area contributed by atoms with Gasteiger partial charge in [-0.05, 0) is 25.8 Å². The molecule has 0 spiro atoms. The topological polar surface area (TPSA) is 67.3 Å². The molecule has 0 aliphatic carbocycles. The summed E-state index contributed by atoms with van der Waals surface area (Å²) in [5, 5.41) is 2.73. The van der Waals surface area contributed by atoms with Crippen molar-refractivity contribution in [2.45, 2.75) is 38.1 Å². The molecule has 1 aromatic heterocycles. The van der Waals surface area contributed by atoms with Crippen molar-refractivity contribution in [3.63, 3.8) is 0 Å². The highest BCUT2D eigenvalue weighted by Gasteiger charge is 2.30. The van der Waals surface area contributed by atoms with Crippen LogP contribution in [-0.4, -0.2) is 53.9 Å². The van der Waals surface area contributed by atoms with Crippen LogP contribution in [0.5, 0.6) is 0 Å². The highest BCUT2D eigenvalue weighted by molar-refractivity contribution is 5.80. The lowest BCUT2D eigenvalue weighted by Gasteiger charge is -2.32. The van der Waals surface area contributed by atoms with Crippen LogP contribution in [0.4, 0.5) is 19.1 Å². The first-order chi connectivity index (χ1) is 10.8. The van der Waals surface area contributed by atoms with Gasteiger partial charge in [-0.2, -0.15) is 13.2 Å². The summed E-state index contributed by atoms with van der Waals surface area (Å²) in [5.74, 6) is 0.114. The second kappa shape index (κ2) is 7.58. The molecule has 2 rings (SSSR count). The van der Waals surface area contributed by atoms with Crippen LogP contribution in [0.25, 0.3) is 0 Å². The van der Waals surface area contributed by atoms with Crippen LogP contribution in [0, 0.1) is 0 Å². The lowest BCUT2D eigenvalue weighted by molar-refractivity contribution is -0.185. The summed E-state index contributed by atoms with van der Waals surface area (Å²) < 4.78 is 40.7. The summed E-state index contributed by atoms with van der Waals surface area (Å²) in [7, 11) is 0. The van der Waals surface area contributed by atoms with E-state index in [4.69, 9.17) is 0 Å². The number of alkyl halides is 3. The number of ether oxygens (including phenoxy) is 1. The van der Waals surface area contributed by atoms with Crippen LogP contribution in [0.15, 0.2) is 18.5 Å². The lowest BCUT2D eigenvalue weighted by Crippen LogP contribution is -2.48. The number of nitrogens with one attached hydrogen (secondary N) is 1. The van der Waals surface area contributed by atoms with E-state index in [9.17, 15) is 18.0 Å². The van der Waals surface area contributed by atoms with E-state index in [0.717, 1.165) is 0 Å². The average molecular weight is 332 g/mol. The average Bonchev–Trinajstić information content (AvgIpc) is 2.53. The van der Waals surface area contributed by atoms with Crippen molar-refractivity contribution in [1.29, 1.82) is 0 Å². The van der Waals surface area contributed by atoms with Crippen molar-refractivity contribution >= 4 is 11.9 Å². The predicted molar refractivity (Wildman–Crippen MR) is 76.9 cm³/mol. The van der Waals surface area contributed by atoms with Gasteiger partial charge < -0.3 is 15.0 Å². The summed E-state index contributed by atoms with van der Waals surface area (Å²) in [6, 6.07) is 1.65. The quantitative estimate of drug-likeness (QED) is 0.886. The van der Waals surface area contributed by atoms with Crippen LogP contribution in [0.3, 0.4) is 0 Å². The first-order valence-electron chi connectivity index (χ1n) is 7.36. The highest BCUT2D eigenvalue weighted by atomic mass is 19.4. The Morgan fingerprint density at radius 1 is 1.39 bits per heavy atom. The van der Waals surface area contributed by atoms with E-state index in [-0.39, 0.29) is 6.04 Å². The molecule has 1 fully saturated rings. The van der Waals surface area contributed by atoms with Gasteiger partial charge in [0.15, 0.2) is 0 Å². The molecule has 6 nitrogen and oxygen atoms in total. The molecule has 2 heterocycles. The molecule has 0 unspecified atom stereocenters. The Hall–Kier alpha value is -1.90. The molecule has 1 atom stereocenters. The summed E-state index contributed by atoms with van der Waals surface area (Å²) in [6.07, 6.45) is -0.889. The number of hydrogen-bond donors (Lipinski definition) is 1. The summed E-state index contributed by atoms with van der Waals surface area (Å²) in [4.78, 5) is 22.2. The van der Waals surface area contributed by atoms with Gasteiger partial charge in [0.05, 0.1) is 0 Å². The summed E-state index contributed by atoms with van der Waals surface area (Å²) >= 11 is 0. The third kappa shape index (κ3) is 5.66. The Labute approximate surface area is 132 Å². The van der Waals surface area contributed by atoms with Gasteiger partial charge in [-0.15, -0.1) is 0 Å². The molecule has 1 saturated heterocycles. The minimum Gasteiger partial charge on any atom is -0.359 e. The molecule has 1 N–H and O–H groups in total. The highest BCUT2D eigenvalue weighted by Crippen LogP contribution is 2.17. The van der Waals surface area contributed by atoms with Crippen molar-refractivity contribution in [2.24, 2.45) is 0 Å². The van der Waals surface area contributed by atoms with Gasteiger partial charge in [0.2, 0.25) is 11.9 Å². The van der Waals surface area contributed by atoms with E-state index in [2.05, 4.69) is 20.0 Å². The molecule has 1 aliphatic heterocycles. The molecule has 128 valence electrons. The largest absolute Gasteiger partial charge is 0.411 e. The zero-order valence-electron chi connectivity index (χ0n) is 12.7. The number of piperidine rings is 1. The monoisotopic (exact) mass is 332 g/mol. The fourth-order valence-electron chi connectivity index (χ4n) is 2.29. The maximum atomic E-state index is 12.1. The van der Waals surface area contributed by atoms with Crippen LogP contribution >= 0.6 is 0 Å². The summed E-state index contributed by atoms with van der Waals surface area (Å²) in [6.45, 7) is 1.24. The maximum Gasteiger partial charge on any atom is 0.411 e. The number of hydrogen-bond acceptors (Lipinski definition) is 5. The first kappa shape index (κ1) is 17.5. The molecule has 1 amide bonds. The third-order valence-corrected chi connectivity index (χ3v) is 3.54. The fraction of sp³-hybridized carbons (Fsp3) is 0.643. The van der Waals surface area contributed by atoms with Gasteiger partial charge in [0.25, 0.3) is 0 Å². The Morgan fingerprint density at radius 2 is 2.00 bits per heavy atom. The van der Waals surface area contributed by atoms with Crippen LogP contribution in [-0.2, 0) is 9.53 Å². The van der Waals surface area contributed by atoms with Crippen molar-refractivity contribution in [2.75, 3.05) is 24.6 Å². The number of nitrogens with zero attached hydrogens (tertiary/aromatic N) is 3. The Bertz CT molecular complexity index is 504. The van der Waals surface area contributed by atoms with Crippen LogP contribution in [0.1, 0.15) is 19.8 Å². The van der Waals surface area contributed by atoms with E-state index in [1.54, 1.807) is 18.5 Å². The van der Waals surface area contributed by atoms with Crippen molar-refractivity contribution in [3.8, 4) is 0 Å². The second-order valence-corrected chi connectivity index (χ2v) is 5.39. The molecular weight excluding hydrogens is 313 g/mol. The van der Waals surface area contributed by atoms with E-state index >= 15 is 0 Å². The standard InChI is InChI=1S/C14H19F3N4O2/c1-10(23-9-14(15,16)17)12(22)20-11-3-7-21(8-4-11)13-18-5-2-6-19-13/h2,5-6,10-11H,3-4,7-9H2,1H3,(H,20,22)/t10-/m1/s1. The first-order valence-corrected chi connectivity index (χ1v) is 7.36. The van der Waals surface area contributed by atoms with Crippen LogP contribution in [0.2, 0.25) is 0 Å². The molecule has 0 saturated carbocycles. The number of carbonyl (C=O) groups excluding carboxylic acids is 1. The van der Waals surface area contributed by atoms with Gasteiger partial charge in [0.1, 0.15) is 12.7 Å². The van der Waals surface area contributed by atoms with Gasteiger partial charge in [-0.1, -0.05) is 0 Å². The minimum absolute atomic E-state index is 0.0839. The SMILES string of the molecule is C[C@@H](OCC(F)(F)F)C(=O)NC1CCN(c2ncccn2)CC1. The van der Waals surface area contributed by atoms with Crippen molar-refractivity contribution < 1.29 is 22.7 Å². The Balaban J connectivity index is 1.74. The molecule has 0 bridgehead atoms. The Morgan fingerprint density at radius 3 is 2.57 bits per heavy atom. The smallest absolute Gasteiger partial charge is 0.359 e. The summed E-state index contributed by atoms with van der Waals surface area (Å²) in [5.41, 5.74) is 0. The number of anilines is 1. The zero-order valence-corrected chi connectivity index (χ0v) is 12.7. The number of halogens is 3. The number of carbonyl (C=O) groups is 1. The lowest BCUT2D eigenvalue weighted by atomic mass is 10.1. The predicted octanol–water partition coefficient (Wildman–Crippen LogP) is 1.53. The van der Waals surface area contributed by atoms with Crippen LogP contribution < -0.4 is 10.2 Å². The number of rotatable bonds is 5. The number of aromatic nitrogens is 2. The minimum atomic E-state index is -4.43. The molecular formula is C14H19F3N4O2. The van der Waals surface area contributed by atoms with E-state index < -0.39 is 24.8 Å². The van der Waals surface area contributed by atoms with E-state index in [0.29, 0.717) is 31.9 Å². The zero-order chi connectivity index (χ0) is 16.9. The fourth-order valence-corrected chi connectivity index (χ4v) is 2.29. The van der Waals surface area contributed by atoms with Gasteiger partial charge in [0, 0.05) is 31.5 Å². The van der Waals surface area contributed by atoms with Crippen molar-refractivity contribution in [1.82, 2.24) is 15.3 Å². The maximum absolute atomic E-state index is 12.1. The molecule has 1 aliphatic rings. The van der Waals surface area contributed by atoms with E-state index in [1.807, 2.05) is 4.90 Å². The molecule has 23 heavy (non-hydrogen) atoms. The van der Waals surface area contributed by atoms with Gasteiger partial charge >= 0.3 is 6.18 Å². The van der Waals surface area contributed by atoms with Crippen molar-refractivity contribution in [3.05, 3.63) is 18.5 Å². The molecule has 1 aromatic rings. The van der Waals surface area contributed by atoms with E-state index in [1.165, 1.54) is 6.92 Å². The normalized spacial score (nSPS) is 17.8. The van der Waals surface area contributed by atoms with Gasteiger partial charge in [-0.25, -0.2) is 9.97 Å². The Kier molecular flexibility index (Phi) is 5.75. The second-order valence-electron chi connectivity index (χ2n) is 5.39. The third-order valence-electron chi connectivity index (χ3n) is 3.54. The molecule has 0 aromatic carbocycles. The molecule has 9 heteroatoms. The number of amides is 1.